The highest BCUT2D eigenvalue weighted by molar-refractivity contribution is 7.89. The Labute approximate surface area is 153 Å². The van der Waals surface area contributed by atoms with Crippen LogP contribution in [0, 0.1) is 23.2 Å². The number of carbonyl (C=O) groups is 1. The third-order valence-electron chi connectivity index (χ3n) is 6.15. The Morgan fingerprint density at radius 1 is 1.28 bits per heavy atom. The molecule has 4 bridgehead atoms. The highest BCUT2D eigenvalue weighted by Gasteiger charge is 2.57. The van der Waals surface area contributed by atoms with E-state index in [4.69, 9.17) is 16.3 Å². The molecule has 7 heteroatoms. The number of sulfonamides is 1. The van der Waals surface area contributed by atoms with Gasteiger partial charge in [0.15, 0.2) is 0 Å². The zero-order valence-electron chi connectivity index (χ0n) is 14.1. The van der Waals surface area contributed by atoms with Gasteiger partial charge in [-0.1, -0.05) is 11.6 Å². The number of halogens is 1. The average molecular weight is 384 g/mol. The molecular weight excluding hydrogens is 362 g/mol. The molecule has 1 aromatic carbocycles. The summed E-state index contributed by atoms with van der Waals surface area (Å²) in [6.07, 6.45) is 7.55. The Balaban J connectivity index is 1.45. The van der Waals surface area contributed by atoms with Crippen molar-refractivity contribution in [3.05, 3.63) is 28.8 Å². The molecule has 136 valence electrons. The van der Waals surface area contributed by atoms with Crippen LogP contribution in [0.4, 0.5) is 0 Å². The summed E-state index contributed by atoms with van der Waals surface area (Å²) in [4.78, 5) is 11.9. The Hall–Kier alpha value is -1.27. The van der Waals surface area contributed by atoms with E-state index in [2.05, 4.69) is 0 Å². The number of ether oxygens (including phenoxy) is 1. The molecule has 1 aromatic rings. The number of nitrogens with one attached hydrogen (secondary N) is 1. The van der Waals surface area contributed by atoms with Gasteiger partial charge in [-0.25, -0.2) is 13.1 Å². The van der Waals surface area contributed by atoms with E-state index < -0.39 is 15.9 Å². The largest absolute Gasteiger partial charge is 0.491 e. The zero-order chi connectivity index (χ0) is 17.8. The summed E-state index contributed by atoms with van der Waals surface area (Å²) in [7, 11) is -3.60. The van der Waals surface area contributed by atoms with Gasteiger partial charge in [-0.3, -0.25) is 4.79 Å². The lowest BCUT2D eigenvalue weighted by molar-refractivity contribution is 0.0980. The topological polar surface area (TPSA) is 72.5 Å². The quantitative estimate of drug-likeness (QED) is 0.847. The first-order chi connectivity index (χ1) is 11.7. The van der Waals surface area contributed by atoms with Crippen LogP contribution in [0.25, 0.3) is 0 Å². The van der Waals surface area contributed by atoms with Crippen molar-refractivity contribution in [2.24, 2.45) is 23.2 Å². The smallest absolute Gasteiger partial charge is 0.264 e. The third kappa shape index (κ3) is 3.26. The van der Waals surface area contributed by atoms with Crippen molar-refractivity contribution in [1.29, 1.82) is 0 Å². The van der Waals surface area contributed by atoms with Crippen molar-refractivity contribution in [2.45, 2.75) is 32.1 Å². The van der Waals surface area contributed by atoms with Gasteiger partial charge in [-0.05, 0) is 68.1 Å². The SMILES string of the molecule is CS(=O)(=O)NC(=O)c1ccc(OCC23CC4CC(CC2C4)C3)c(Cl)c1. The number of carbonyl (C=O) groups excluding carboxylic acids is 1. The van der Waals surface area contributed by atoms with Crippen molar-refractivity contribution in [3.8, 4) is 5.75 Å². The zero-order valence-corrected chi connectivity index (χ0v) is 15.7. The van der Waals surface area contributed by atoms with E-state index >= 15 is 0 Å². The molecular formula is C18H22ClNO4S. The van der Waals surface area contributed by atoms with Gasteiger partial charge in [-0.2, -0.15) is 0 Å². The van der Waals surface area contributed by atoms with Crippen molar-refractivity contribution < 1.29 is 17.9 Å². The maximum Gasteiger partial charge on any atom is 0.264 e. The first-order valence-corrected chi connectivity index (χ1v) is 11.0. The van der Waals surface area contributed by atoms with Gasteiger partial charge in [0.05, 0.1) is 17.9 Å². The Bertz CT molecular complexity index is 808. The van der Waals surface area contributed by atoms with Crippen LogP contribution in [0.3, 0.4) is 0 Å². The number of hydrogen-bond donors (Lipinski definition) is 1. The predicted molar refractivity (Wildman–Crippen MR) is 95.2 cm³/mol. The van der Waals surface area contributed by atoms with Gasteiger partial charge in [0.25, 0.3) is 5.91 Å². The molecule has 0 heterocycles. The van der Waals surface area contributed by atoms with Crippen molar-refractivity contribution in [3.63, 3.8) is 0 Å². The highest BCUT2D eigenvalue weighted by Crippen LogP contribution is 2.65. The first kappa shape index (κ1) is 17.2. The van der Waals surface area contributed by atoms with Gasteiger partial charge in [0.1, 0.15) is 5.75 Å². The van der Waals surface area contributed by atoms with E-state index in [1.165, 1.54) is 44.2 Å². The molecule has 0 spiro atoms. The third-order valence-corrected chi connectivity index (χ3v) is 7.00. The lowest BCUT2D eigenvalue weighted by atomic mass is 9.76. The van der Waals surface area contributed by atoms with Crippen LogP contribution in [0.15, 0.2) is 18.2 Å². The molecule has 1 N–H and O–H groups in total. The summed E-state index contributed by atoms with van der Waals surface area (Å²) in [6.45, 7) is 0.680. The fourth-order valence-corrected chi connectivity index (χ4v) is 6.10. The summed E-state index contributed by atoms with van der Waals surface area (Å²) in [5.74, 6) is 2.39. The number of benzene rings is 1. The molecule has 0 aliphatic heterocycles. The molecule has 1 amide bonds. The van der Waals surface area contributed by atoms with Crippen LogP contribution in [0.5, 0.6) is 5.75 Å². The highest BCUT2D eigenvalue weighted by atomic mass is 35.5. The van der Waals surface area contributed by atoms with E-state index in [0.29, 0.717) is 22.8 Å². The van der Waals surface area contributed by atoms with Crippen molar-refractivity contribution >= 4 is 27.5 Å². The average Bonchev–Trinajstić information content (AvgIpc) is 2.89. The molecule has 4 aliphatic rings. The van der Waals surface area contributed by atoms with Gasteiger partial charge < -0.3 is 4.74 Å². The molecule has 0 radical (unpaired) electrons. The minimum absolute atomic E-state index is 0.196. The molecule has 0 aromatic heterocycles. The Morgan fingerprint density at radius 2 is 1.96 bits per heavy atom. The maximum absolute atomic E-state index is 11.9. The van der Waals surface area contributed by atoms with Crippen molar-refractivity contribution in [2.75, 3.05) is 12.9 Å². The minimum Gasteiger partial charge on any atom is -0.491 e. The van der Waals surface area contributed by atoms with Crippen LogP contribution in [-0.2, 0) is 10.0 Å². The van der Waals surface area contributed by atoms with E-state index in [9.17, 15) is 13.2 Å². The van der Waals surface area contributed by atoms with Crippen LogP contribution in [0.1, 0.15) is 42.5 Å². The molecule has 5 nitrogen and oxygen atoms in total. The van der Waals surface area contributed by atoms with E-state index in [0.717, 1.165) is 24.0 Å². The van der Waals surface area contributed by atoms with Crippen molar-refractivity contribution in [1.82, 2.24) is 4.72 Å². The molecule has 4 aliphatic carbocycles. The number of amides is 1. The summed E-state index contributed by atoms with van der Waals surface area (Å²) in [6, 6.07) is 4.64. The minimum atomic E-state index is -3.60. The number of rotatable bonds is 5. The van der Waals surface area contributed by atoms with Gasteiger partial charge >= 0.3 is 0 Å². The van der Waals surface area contributed by atoms with Gasteiger partial charge in [-0.15, -0.1) is 0 Å². The van der Waals surface area contributed by atoms with Crippen LogP contribution in [-0.4, -0.2) is 27.2 Å². The fourth-order valence-electron chi connectivity index (χ4n) is 5.41. The lowest BCUT2D eigenvalue weighted by Crippen LogP contribution is -2.30. The lowest BCUT2D eigenvalue weighted by Gasteiger charge is -2.32. The molecule has 5 rings (SSSR count). The van der Waals surface area contributed by atoms with Crippen LogP contribution in [0.2, 0.25) is 5.02 Å². The van der Waals surface area contributed by atoms with E-state index in [-0.39, 0.29) is 5.56 Å². The molecule has 4 saturated carbocycles. The Morgan fingerprint density at radius 3 is 2.56 bits per heavy atom. The monoisotopic (exact) mass is 383 g/mol. The van der Waals surface area contributed by atoms with Gasteiger partial charge in [0.2, 0.25) is 10.0 Å². The second-order valence-corrected chi connectivity index (χ2v) is 10.2. The molecule has 4 fully saturated rings. The van der Waals surface area contributed by atoms with Gasteiger partial charge in [0, 0.05) is 11.0 Å². The van der Waals surface area contributed by atoms with E-state index in [1.807, 2.05) is 4.72 Å². The number of hydrogen-bond acceptors (Lipinski definition) is 4. The second-order valence-electron chi connectivity index (χ2n) is 8.04. The van der Waals surface area contributed by atoms with E-state index in [1.54, 1.807) is 6.07 Å². The molecule has 0 saturated heterocycles. The summed E-state index contributed by atoms with van der Waals surface area (Å²) in [5.41, 5.74) is 0.505. The molecule has 2 unspecified atom stereocenters. The first-order valence-electron chi connectivity index (χ1n) is 8.68. The standard InChI is InChI=1S/C18H22ClNO4S/c1-25(22,23)20-17(21)13-2-3-16(15(19)7-13)24-10-18-8-11-4-12(9-18)6-14(18)5-11/h2-3,7,11-12,14H,4-6,8-10H2,1H3,(H,20,21). The second kappa shape index (κ2) is 5.88. The van der Waals surface area contributed by atoms with Crippen LogP contribution >= 0.6 is 11.6 Å². The summed E-state index contributed by atoms with van der Waals surface area (Å²) < 4.78 is 30.3. The molecule has 25 heavy (non-hydrogen) atoms. The predicted octanol–water partition coefficient (Wildman–Crippen LogP) is 3.23. The summed E-state index contributed by atoms with van der Waals surface area (Å²) >= 11 is 6.25. The fraction of sp³-hybridized carbons (Fsp3) is 0.611. The summed E-state index contributed by atoms with van der Waals surface area (Å²) in [5, 5.41) is 0.329. The Kier molecular flexibility index (Phi) is 4.03. The van der Waals surface area contributed by atoms with Crippen LogP contribution < -0.4 is 9.46 Å². The normalized spacial score (nSPS) is 32.8. The maximum atomic E-state index is 11.9. The molecule has 2 atom stereocenters.